The molecule has 2 aromatic rings. The first-order valence-corrected chi connectivity index (χ1v) is 15.1. The van der Waals surface area contributed by atoms with Crippen molar-refractivity contribution in [2.45, 2.75) is 71.8 Å². The van der Waals surface area contributed by atoms with Crippen LogP contribution in [-0.2, 0) is 16.0 Å². The Kier molecular flexibility index (Phi) is 14.4. The van der Waals surface area contributed by atoms with E-state index in [-0.39, 0.29) is 5.91 Å². The summed E-state index contributed by atoms with van der Waals surface area (Å²) in [7, 11) is 1.36. The van der Waals surface area contributed by atoms with E-state index in [4.69, 9.17) is 4.74 Å². The zero-order chi connectivity index (χ0) is 27.0. The van der Waals surface area contributed by atoms with Gasteiger partial charge in [-0.1, -0.05) is 63.1 Å². The number of benzene rings is 2. The molecule has 0 saturated carbocycles. The van der Waals surface area contributed by atoms with Crippen LogP contribution in [0.2, 0.25) is 0 Å². The lowest BCUT2D eigenvalue weighted by Gasteiger charge is -2.22. The van der Waals surface area contributed by atoms with Gasteiger partial charge in [0, 0.05) is 5.56 Å². The van der Waals surface area contributed by atoms with Gasteiger partial charge in [-0.2, -0.15) is 11.8 Å². The molecule has 0 unspecified atom stereocenters. The van der Waals surface area contributed by atoms with Crippen LogP contribution in [0.4, 0.5) is 0 Å². The first-order chi connectivity index (χ1) is 17.9. The smallest absolute Gasteiger partial charge is 0.328 e. The first-order valence-electron chi connectivity index (χ1n) is 13.7. The molecule has 0 saturated heterocycles. The van der Waals surface area contributed by atoms with Crippen molar-refractivity contribution in [1.29, 1.82) is 0 Å². The van der Waals surface area contributed by atoms with E-state index in [0.29, 0.717) is 12.0 Å². The van der Waals surface area contributed by atoms with Crippen molar-refractivity contribution in [1.82, 2.24) is 10.2 Å². The number of hydrogen-bond acceptors (Lipinski definition) is 5. The van der Waals surface area contributed by atoms with Gasteiger partial charge in [-0.3, -0.25) is 4.79 Å². The lowest BCUT2D eigenvalue weighted by molar-refractivity contribution is -0.142. The fourth-order valence-corrected chi connectivity index (χ4v) is 4.98. The van der Waals surface area contributed by atoms with Gasteiger partial charge >= 0.3 is 5.97 Å². The molecule has 1 N–H and O–H groups in total. The lowest BCUT2D eigenvalue weighted by Crippen LogP contribution is -2.42. The van der Waals surface area contributed by atoms with Crippen molar-refractivity contribution in [3.05, 3.63) is 59.2 Å². The van der Waals surface area contributed by atoms with Gasteiger partial charge in [-0.05, 0) is 99.0 Å². The number of nitrogens with zero attached hydrogens (tertiary/aromatic N) is 1. The quantitative estimate of drug-likeness (QED) is 0.238. The average Bonchev–Trinajstić information content (AvgIpc) is 2.91. The van der Waals surface area contributed by atoms with Crippen molar-refractivity contribution >= 4 is 23.6 Å². The minimum absolute atomic E-state index is 0.244. The monoisotopic (exact) mass is 526 g/mol. The molecule has 0 heterocycles. The van der Waals surface area contributed by atoms with Crippen LogP contribution in [0.5, 0.6) is 0 Å². The second kappa shape index (κ2) is 17.2. The third-order valence-corrected chi connectivity index (χ3v) is 7.41. The Bertz CT molecular complexity index is 971. The summed E-state index contributed by atoms with van der Waals surface area (Å²) >= 11 is 1.64. The largest absolute Gasteiger partial charge is 0.467 e. The fraction of sp³-hybridized carbons (Fsp3) is 0.548. The van der Waals surface area contributed by atoms with E-state index >= 15 is 0 Å². The van der Waals surface area contributed by atoms with E-state index in [0.717, 1.165) is 41.8 Å². The number of carbonyl (C=O) groups excluding carboxylic acids is 2. The Hall–Kier alpha value is -2.31. The highest BCUT2D eigenvalue weighted by Crippen LogP contribution is 2.29. The van der Waals surface area contributed by atoms with Crippen molar-refractivity contribution in [2.75, 3.05) is 38.8 Å². The summed E-state index contributed by atoms with van der Waals surface area (Å²) in [5.74, 6) is 0.107. The number of amides is 1. The number of ether oxygens (including phenoxy) is 1. The van der Waals surface area contributed by atoms with E-state index in [1.54, 1.807) is 11.8 Å². The van der Waals surface area contributed by atoms with Crippen LogP contribution >= 0.6 is 11.8 Å². The molecule has 0 aliphatic heterocycles. The molecule has 1 atom stereocenters. The Morgan fingerprint density at radius 1 is 0.973 bits per heavy atom. The summed E-state index contributed by atoms with van der Waals surface area (Å²) in [6.07, 6.45) is 9.50. The SMILES string of the molecule is CCCCN(CCCC)CCCc1ccc(C(=O)N[C@@H](CCSC)C(=O)OC)c(-c2ccccc2C)c1. The highest BCUT2D eigenvalue weighted by atomic mass is 32.2. The molecule has 0 aliphatic rings. The highest BCUT2D eigenvalue weighted by Gasteiger charge is 2.24. The number of unbranched alkanes of at least 4 members (excludes halogenated alkanes) is 2. The molecular formula is C31H46N2O3S. The van der Waals surface area contributed by atoms with Crippen LogP contribution in [-0.4, -0.2) is 61.6 Å². The summed E-state index contributed by atoms with van der Waals surface area (Å²) in [4.78, 5) is 28.3. The maximum absolute atomic E-state index is 13.4. The molecule has 2 rings (SSSR count). The molecule has 5 nitrogen and oxygen atoms in total. The van der Waals surface area contributed by atoms with E-state index in [1.807, 2.05) is 24.5 Å². The molecular weight excluding hydrogens is 480 g/mol. The maximum atomic E-state index is 13.4. The molecule has 0 aliphatic carbocycles. The van der Waals surface area contributed by atoms with Crippen molar-refractivity contribution in [2.24, 2.45) is 0 Å². The molecule has 37 heavy (non-hydrogen) atoms. The van der Waals surface area contributed by atoms with Gasteiger partial charge in [-0.15, -0.1) is 0 Å². The standard InChI is InChI=1S/C31H46N2O3S/c1-6-8-19-33(20-9-7-2)21-12-14-25-16-17-27(28(23-25)26-15-11-10-13-24(26)3)30(34)32-29(18-22-37-5)31(35)36-4/h10-11,13,15-17,23,29H,6-9,12,14,18-22H2,1-5H3,(H,32,34)/t29-/m0/s1. The molecule has 0 spiro atoms. The van der Waals surface area contributed by atoms with Crippen molar-refractivity contribution < 1.29 is 14.3 Å². The van der Waals surface area contributed by atoms with Crippen LogP contribution in [0.25, 0.3) is 11.1 Å². The van der Waals surface area contributed by atoms with Crippen molar-refractivity contribution in [3.63, 3.8) is 0 Å². The van der Waals surface area contributed by atoms with Gasteiger partial charge < -0.3 is 15.0 Å². The number of aryl methyl sites for hydroxylation is 2. The molecule has 1 amide bonds. The average molecular weight is 527 g/mol. The zero-order valence-corrected chi connectivity index (χ0v) is 24.3. The number of carbonyl (C=O) groups is 2. The Balaban J connectivity index is 2.26. The summed E-state index contributed by atoms with van der Waals surface area (Å²) in [6.45, 7) is 10.00. The number of esters is 1. The maximum Gasteiger partial charge on any atom is 0.328 e. The number of methoxy groups -OCH3 is 1. The predicted octanol–water partition coefficient (Wildman–Crippen LogP) is 6.52. The molecule has 0 bridgehead atoms. The van der Waals surface area contributed by atoms with Crippen molar-refractivity contribution in [3.8, 4) is 11.1 Å². The zero-order valence-electron chi connectivity index (χ0n) is 23.5. The van der Waals surface area contributed by atoms with Crippen LogP contribution in [0.15, 0.2) is 42.5 Å². The fourth-order valence-electron chi connectivity index (χ4n) is 4.51. The van der Waals surface area contributed by atoms with Gasteiger partial charge in [0.2, 0.25) is 0 Å². The van der Waals surface area contributed by atoms with Crippen LogP contribution in [0, 0.1) is 6.92 Å². The van der Waals surface area contributed by atoms with Gasteiger partial charge in [0.1, 0.15) is 6.04 Å². The number of nitrogens with one attached hydrogen (secondary N) is 1. The predicted molar refractivity (Wildman–Crippen MR) is 157 cm³/mol. The lowest BCUT2D eigenvalue weighted by atomic mass is 9.92. The van der Waals surface area contributed by atoms with E-state index in [2.05, 4.69) is 55.3 Å². The van der Waals surface area contributed by atoms with E-state index < -0.39 is 12.0 Å². The highest BCUT2D eigenvalue weighted by molar-refractivity contribution is 7.98. The van der Waals surface area contributed by atoms with Gasteiger partial charge in [0.05, 0.1) is 7.11 Å². The molecule has 0 radical (unpaired) electrons. The van der Waals surface area contributed by atoms with Gasteiger partial charge in [-0.25, -0.2) is 4.79 Å². The summed E-state index contributed by atoms with van der Waals surface area (Å²) in [5.41, 5.74) is 4.89. The molecule has 6 heteroatoms. The normalized spacial score (nSPS) is 11.9. The number of thioether (sulfide) groups is 1. The second-order valence-corrected chi connectivity index (χ2v) is 10.7. The van der Waals surface area contributed by atoms with E-state index in [9.17, 15) is 9.59 Å². The Morgan fingerprint density at radius 2 is 1.65 bits per heavy atom. The summed E-state index contributed by atoms with van der Waals surface area (Å²) < 4.78 is 4.94. The summed E-state index contributed by atoms with van der Waals surface area (Å²) in [6, 6.07) is 13.6. The molecule has 0 fully saturated rings. The molecule has 2 aromatic carbocycles. The van der Waals surface area contributed by atoms with Crippen LogP contribution in [0.1, 0.15) is 73.9 Å². The van der Waals surface area contributed by atoms with Crippen LogP contribution < -0.4 is 5.32 Å². The molecule has 0 aromatic heterocycles. The number of rotatable bonds is 17. The van der Waals surface area contributed by atoms with Crippen LogP contribution in [0.3, 0.4) is 0 Å². The van der Waals surface area contributed by atoms with Gasteiger partial charge in [0.15, 0.2) is 0 Å². The second-order valence-electron chi connectivity index (χ2n) is 9.68. The number of hydrogen-bond donors (Lipinski definition) is 1. The first kappa shape index (κ1) is 30.9. The summed E-state index contributed by atoms with van der Waals surface area (Å²) in [5, 5.41) is 2.93. The topological polar surface area (TPSA) is 58.6 Å². The minimum atomic E-state index is -0.661. The van der Waals surface area contributed by atoms with Gasteiger partial charge in [0.25, 0.3) is 5.91 Å². The Labute approximate surface area is 228 Å². The van der Waals surface area contributed by atoms with E-state index in [1.165, 1.54) is 51.4 Å². The third-order valence-electron chi connectivity index (χ3n) is 6.76. The molecule has 204 valence electrons. The Morgan fingerprint density at radius 3 is 2.27 bits per heavy atom. The third kappa shape index (κ3) is 10.2. The minimum Gasteiger partial charge on any atom is -0.467 e.